The number of carboxylic acid groups (broad SMARTS) is 1. The zero-order valence-corrected chi connectivity index (χ0v) is 12.8. The van der Waals surface area contributed by atoms with Gasteiger partial charge in [-0.05, 0) is 31.3 Å². The van der Waals surface area contributed by atoms with E-state index in [1.807, 2.05) is 6.07 Å². The molecule has 0 spiro atoms. The Balaban J connectivity index is 3.12. The number of nitrogens with two attached hydrogens (primary N) is 1. The Bertz CT molecular complexity index is 456. The third-order valence-electron chi connectivity index (χ3n) is 2.45. The molecule has 1 aromatic carbocycles. The molecule has 19 heavy (non-hydrogen) atoms. The van der Waals surface area contributed by atoms with Gasteiger partial charge >= 0.3 is 5.97 Å². The molecule has 6 heteroatoms. The van der Waals surface area contributed by atoms with Crippen molar-refractivity contribution in [1.29, 1.82) is 0 Å². The summed E-state index contributed by atoms with van der Waals surface area (Å²) < 4.78 is 11.3. The fraction of sp³-hybridized carbons (Fsp3) is 0.462. The van der Waals surface area contributed by atoms with Gasteiger partial charge in [-0.3, -0.25) is 4.79 Å². The Morgan fingerprint density at radius 1 is 1.42 bits per heavy atom. The zero-order valence-electron chi connectivity index (χ0n) is 11.8. The quantitative estimate of drug-likeness (QED) is 0.779. The molecule has 106 valence electrons. The minimum absolute atomic E-state index is 0.215. The molecule has 0 aliphatic rings. The summed E-state index contributed by atoms with van der Waals surface area (Å²) in [4.78, 5) is 10.9. The van der Waals surface area contributed by atoms with Gasteiger partial charge in [-0.15, -0.1) is 0 Å². The smallest absolute Gasteiger partial charge is 0.320 e. The van der Waals surface area contributed by atoms with Crippen molar-refractivity contribution in [1.82, 2.24) is 0 Å². The van der Waals surface area contributed by atoms with E-state index < -0.39 is 20.3 Å². The summed E-state index contributed by atoms with van der Waals surface area (Å²) in [6, 6.07) is 4.47. The molecule has 1 atom stereocenters. The van der Waals surface area contributed by atoms with Crippen LogP contribution in [0, 0.1) is 0 Å². The predicted molar refractivity (Wildman–Crippen MR) is 76.3 cm³/mol. The van der Waals surface area contributed by atoms with Crippen LogP contribution in [0.4, 0.5) is 0 Å². The number of ether oxygens (including phenoxy) is 1. The van der Waals surface area contributed by atoms with Crippen molar-refractivity contribution in [3.05, 3.63) is 23.8 Å². The Morgan fingerprint density at radius 3 is 2.53 bits per heavy atom. The SMILES string of the molecule is COc1cccc(CC(N)C(=O)O)c1O[Si](C)(C)C. The first-order valence-electron chi connectivity index (χ1n) is 6.08. The molecular weight excluding hydrogens is 262 g/mol. The van der Waals surface area contributed by atoms with Gasteiger partial charge in [-0.25, -0.2) is 0 Å². The minimum atomic E-state index is -1.82. The van der Waals surface area contributed by atoms with Crippen LogP contribution in [0.3, 0.4) is 0 Å². The molecule has 1 aromatic rings. The van der Waals surface area contributed by atoms with Gasteiger partial charge in [-0.1, -0.05) is 12.1 Å². The van der Waals surface area contributed by atoms with Gasteiger partial charge in [0.2, 0.25) is 8.32 Å². The van der Waals surface area contributed by atoms with Crippen LogP contribution in [-0.2, 0) is 11.2 Å². The van der Waals surface area contributed by atoms with Crippen LogP contribution in [0.2, 0.25) is 19.6 Å². The van der Waals surface area contributed by atoms with E-state index in [2.05, 4.69) is 19.6 Å². The Kier molecular flexibility index (Phi) is 4.96. The molecule has 0 saturated heterocycles. The lowest BCUT2D eigenvalue weighted by Crippen LogP contribution is -2.34. The van der Waals surface area contributed by atoms with Crippen molar-refractivity contribution < 1.29 is 19.1 Å². The second kappa shape index (κ2) is 6.07. The maximum absolute atomic E-state index is 10.9. The number of methoxy groups -OCH3 is 1. The number of hydrogen-bond donors (Lipinski definition) is 2. The van der Waals surface area contributed by atoms with E-state index in [1.165, 1.54) is 0 Å². The topological polar surface area (TPSA) is 81.8 Å². The number of carbonyl (C=O) groups is 1. The first-order valence-corrected chi connectivity index (χ1v) is 9.48. The monoisotopic (exact) mass is 283 g/mol. The number of carboxylic acids is 1. The first kappa shape index (κ1) is 15.5. The molecule has 3 N–H and O–H groups in total. The summed E-state index contributed by atoms with van der Waals surface area (Å²) in [5, 5.41) is 8.90. The van der Waals surface area contributed by atoms with Gasteiger partial charge < -0.3 is 20.0 Å². The van der Waals surface area contributed by atoms with Crippen LogP contribution in [0.15, 0.2) is 18.2 Å². The van der Waals surface area contributed by atoms with E-state index in [0.717, 1.165) is 5.56 Å². The van der Waals surface area contributed by atoms with E-state index in [4.69, 9.17) is 20.0 Å². The number of hydrogen-bond acceptors (Lipinski definition) is 4. The minimum Gasteiger partial charge on any atom is -0.542 e. The van der Waals surface area contributed by atoms with Gasteiger partial charge in [0.15, 0.2) is 5.75 Å². The van der Waals surface area contributed by atoms with Crippen LogP contribution >= 0.6 is 0 Å². The van der Waals surface area contributed by atoms with Crippen LogP contribution in [0.5, 0.6) is 11.5 Å². The lowest BCUT2D eigenvalue weighted by Gasteiger charge is -2.24. The summed E-state index contributed by atoms with van der Waals surface area (Å²) in [5.41, 5.74) is 6.35. The third-order valence-corrected chi connectivity index (χ3v) is 3.26. The molecule has 1 unspecified atom stereocenters. The van der Waals surface area contributed by atoms with Crippen molar-refractivity contribution in [2.75, 3.05) is 7.11 Å². The number of rotatable bonds is 6. The van der Waals surface area contributed by atoms with E-state index in [1.54, 1.807) is 19.2 Å². The molecule has 5 nitrogen and oxygen atoms in total. The van der Waals surface area contributed by atoms with E-state index in [-0.39, 0.29) is 6.42 Å². The summed E-state index contributed by atoms with van der Waals surface area (Å²) in [5.74, 6) is 0.195. The highest BCUT2D eigenvalue weighted by atomic mass is 28.4. The fourth-order valence-corrected chi connectivity index (χ4v) is 2.47. The highest BCUT2D eigenvalue weighted by Gasteiger charge is 2.23. The lowest BCUT2D eigenvalue weighted by molar-refractivity contribution is -0.138. The molecule has 0 saturated carbocycles. The molecular formula is C13H21NO4Si. The van der Waals surface area contributed by atoms with Crippen molar-refractivity contribution >= 4 is 14.3 Å². The van der Waals surface area contributed by atoms with Crippen LogP contribution in [0.25, 0.3) is 0 Å². The molecule has 0 radical (unpaired) electrons. The van der Waals surface area contributed by atoms with E-state index in [9.17, 15) is 4.79 Å². The average Bonchev–Trinajstić information content (AvgIpc) is 2.29. The van der Waals surface area contributed by atoms with Crippen molar-refractivity contribution in [3.8, 4) is 11.5 Å². The maximum atomic E-state index is 10.9. The Morgan fingerprint density at radius 2 is 2.05 bits per heavy atom. The molecule has 0 heterocycles. The Hall–Kier alpha value is -1.53. The number of para-hydroxylation sites is 1. The second-order valence-corrected chi connectivity index (χ2v) is 9.74. The molecule has 0 amide bonds. The van der Waals surface area contributed by atoms with Crippen LogP contribution < -0.4 is 14.9 Å². The summed E-state index contributed by atoms with van der Waals surface area (Å²) in [7, 11) is -0.261. The maximum Gasteiger partial charge on any atom is 0.320 e. The van der Waals surface area contributed by atoms with Gasteiger partial charge in [0.1, 0.15) is 11.8 Å². The summed E-state index contributed by atoms with van der Waals surface area (Å²) >= 11 is 0. The molecule has 0 aliphatic heterocycles. The molecule has 0 bridgehead atoms. The van der Waals surface area contributed by atoms with Gasteiger partial charge in [-0.2, -0.15) is 0 Å². The Labute approximate surface area is 114 Å². The summed E-state index contributed by atoms with van der Waals surface area (Å²) in [6.45, 7) is 6.17. The van der Waals surface area contributed by atoms with Crippen LogP contribution in [-0.4, -0.2) is 32.5 Å². The van der Waals surface area contributed by atoms with Crippen molar-refractivity contribution in [2.45, 2.75) is 32.1 Å². The highest BCUT2D eigenvalue weighted by molar-refractivity contribution is 6.70. The van der Waals surface area contributed by atoms with E-state index >= 15 is 0 Å². The van der Waals surface area contributed by atoms with Crippen molar-refractivity contribution in [2.24, 2.45) is 5.73 Å². The van der Waals surface area contributed by atoms with Gasteiger partial charge in [0.05, 0.1) is 7.11 Å². The lowest BCUT2D eigenvalue weighted by atomic mass is 10.1. The van der Waals surface area contributed by atoms with Crippen molar-refractivity contribution in [3.63, 3.8) is 0 Å². The molecule has 0 aromatic heterocycles. The number of benzene rings is 1. The third kappa shape index (κ3) is 4.57. The predicted octanol–water partition coefficient (Wildman–Crippen LogP) is 1.86. The normalized spacial score (nSPS) is 12.9. The highest BCUT2D eigenvalue weighted by Crippen LogP contribution is 2.33. The summed E-state index contributed by atoms with van der Waals surface area (Å²) in [6.07, 6.45) is 0.215. The second-order valence-electron chi connectivity index (χ2n) is 5.31. The average molecular weight is 283 g/mol. The first-order chi connectivity index (χ1) is 8.74. The van der Waals surface area contributed by atoms with Gasteiger partial charge in [0, 0.05) is 6.42 Å². The van der Waals surface area contributed by atoms with E-state index in [0.29, 0.717) is 11.5 Å². The van der Waals surface area contributed by atoms with Gasteiger partial charge in [0.25, 0.3) is 0 Å². The number of aliphatic carboxylic acids is 1. The van der Waals surface area contributed by atoms with Crippen LogP contribution in [0.1, 0.15) is 5.56 Å². The standard InChI is InChI=1S/C13H21NO4Si/c1-17-11-7-5-6-9(8-10(14)13(15)16)12(11)18-19(2,3)4/h5-7,10H,8,14H2,1-4H3,(H,15,16). The largest absolute Gasteiger partial charge is 0.542 e. The molecule has 1 rings (SSSR count). The fourth-order valence-electron chi connectivity index (χ4n) is 1.63. The molecule has 0 aliphatic carbocycles. The molecule has 0 fully saturated rings. The zero-order chi connectivity index (χ0) is 14.6.